The molecule has 0 spiro atoms. The number of furan rings is 1. The van der Waals surface area contributed by atoms with Gasteiger partial charge >= 0.3 is 0 Å². The average molecular weight is 471 g/mol. The number of piperazine rings is 1. The molecule has 2 aromatic heterocycles. The third kappa shape index (κ3) is 5.40. The molecule has 172 valence electrons. The van der Waals surface area contributed by atoms with Crippen LogP contribution < -0.4 is 15.4 Å². The molecule has 0 aliphatic carbocycles. The molecule has 3 N–H and O–H groups in total. The van der Waals surface area contributed by atoms with Crippen molar-refractivity contribution in [3.05, 3.63) is 48.4 Å². The van der Waals surface area contributed by atoms with Crippen LogP contribution in [-0.4, -0.2) is 56.9 Å². The molecule has 0 unspecified atom stereocenters. The van der Waals surface area contributed by atoms with Crippen molar-refractivity contribution in [2.24, 2.45) is 5.14 Å². The number of carbonyl (C=O) groups is 1. The molecule has 1 fully saturated rings. The van der Waals surface area contributed by atoms with Crippen LogP contribution in [0.5, 0.6) is 0 Å². The van der Waals surface area contributed by atoms with E-state index in [1.807, 2.05) is 4.90 Å². The SMILES string of the molecule is N#Cc1nc(-c2ccco2)oc1N1CCN(CCC(=O)Nc2cccc(S(N)(=O)=O)c2)CC1. The summed E-state index contributed by atoms with van der Waals surface area (Å²) in [6.07, 6.45) is 1.75. The lowest BCUT2D eigenvalue weighted by atomic mass is 10.2. The first kappa shape index (κ1) is 22.5. The highest BCUT2D eigenvalue weighted by atomic mass is 32.2. The molecule has 1 aliphatic rings. The Morgan fingerprint density at radius 2 is 2.00 bits per heavy atom. The van der Waals surface area contributed by atoms with Crippen LogP contribution in [0.3, 0.4) is 0 Å². The minimum Gasteiger partial charge on any atom is -0.459 e. The van der Waals surface area contributed by atoms with Crippen LogP contribution >= 0.6 is 0 Å². The maximum atomic E-state index is 12.3. The van der Waals surface area contributed by atoms with E-state index >= 15 is 0 Å². The molecule has 33 heavy (non-hydrogen) atoms. The summed E-state index contributed by atoms with van der Waals surface area (Å²) >= 11 is 0. The molecular weight excluding hydrogens is 448 g/mol. The van der Waals surface area contributed by atoms with E-state index in [4.69, 9.17) is 14.0 Å². The molecule has 1 aromatic carbocycles. The predicted octanol–water partition coefficient (Wildman–Crippen LogP) is 1.60. The molecule has 0 bridgehead atoms. The number of carbonyl (C=O) groups excluding carboxylic acids is 1. The van der Waals surface area contributed by atoms with E-state index in [1.165, 1.54) is 24.5 Å². The normalized spacial score (nSPS) is 14.7. The zero-order valence-electron chi connectivity index (χ0n) is 17.6. The van der Waals surface area contributed by atoms with Crippen molar-refractivity contribution >= 4 is 27.5 Å². The number of nitriles is 1. The van der Waals surface area contributed by atoms with Crippen molar-refractivity contribution in [1.82, 2.24) is 9.88 Å². The van der Waals surface area contributed by atoms with E-state index in [0.717, 1.165) is 0 Å². The fraction of sp³-hybridized carbons (Fsp3) is 0.286. The molecule has 12 heteroatoms. The summed E-state index contributed by atoms with van der Waals surface area (Å²) < 4.78 is 34.0. The van der Waals surface area contributed by atoms with Gasteiger partial charge in [-0.05, 0) is 30.3 Å². The summed E-state index contributed by atoms with van der Waals surface area (Å²) in [6.45, 7) is 3.11. The summed E-state index contributed by atoms with van der Waals surface area (Å²) in [5.74, 6) is 0.902. The van der Waals surface area contributed by atoms with Gasteiger partial charge in [-0.3, -0.25) is 9.69 Å². The number of rotatable bonds is 7. The first-order valence-electron chi connectivity index (χ1n) is 10.2. The number of benzene rings is 1. The fourth-order valence-electron chi connectivity index (χ4n) is 3.51. The van der Waals surface area contributed by atoms with Gasteiger partial charge in [-0.2, -0.15) is 10.2 Å². The van der Waals surface area contributed by atoms with Crippen molar-refractivity contribution in [1.29, 1.82) is 5.26 Å². The van der Waals surface area contributed by atoms with Gasteiger partial charge in [0.2, 0.25) is 27.5 Å². The quantitative estimate of drug-likeness (QED) is 0.523. The Kier molecular flexibility index (Phi) is 6.45. The summed E-state index contributed by atoms with van der Waals surface area (Å²) in [5, 5.41) is 17.2. The lowest BCUT2D eigenvalue weighted by molar-refractivity contribution is -0.116. The third-order valence-electron chi connectivity index (χ3n) is 5.21. The number of hydrogen-bond donors (Lipinski definition) is 2. The second-order valence-electron chi connectivity index (χ2n) is 7.46. The van der Waals surface area contributed by atoms with Crippen LogP contribution in [-0.2, 0) is 14.8 Å². The molecule has 1 aliphatic heterocycles. The molecule has 0 saturated carbocycles. The minimum absolute atomic E-state index is 0.0595. The topological polar surface area (TPSA) is 159 Å². The fourth-order valence-corrected chi connectivity index (χ4v) is 4.07. The van der Waals surface area contributed by atoms with Crippen molar-refractivity contribution in [3.8, 4) is 17.7 Å². The van der Waals surface area contributed by atoms with Crippen LogP contribution in [0.25, 0.3) is 11.7 Å². The number of hydrogen-bond acceptors (Lipinski definition) is 9. The van der Waals surface area contributed by atoms with Crippen LogP contribution in [0, 0.1) is 11.3 Å². The van der Waals surface area contributed by atoms with Gasteiger partial charge in [0.05, 0.1) is 11.2 Å². The number of sulfonamides is 1. The molecule has 4 rings (SSSR count). The largest absolute Gasteiger partial charge is 0.459 e. The molecule has 0 radical (unpaired) electrons. The van der Waals surface area contributed by atoms with Gasteiger partial charge < -0.3 is 19.1 Å². The van der Waals surface area contributed by atoms with Gasteiger partial charge in [0.15, 0.2) is 5.76 Å². The van der Waals surface area contributed by atoms with E-state index in [0.29, 0.717) is 50.1 Å². The molecule has 11 nitrogen and oxygen atoms in total. The van der Waals surface area contributed by atoms with Crippen molar-refractivity contribution in [2.75, 3.05) is 42.9 Å². The average Bonchev–Trinajstić information content (AvgIpc) is 3.47. The number of nitrogens with one attached hydrogen (secondary N) is 1. The third-order valence-corrected chi connectivity index (χ3v) is 6.12. The van der Waals surface area contributed by atoms with E-state index in [9.17, 15) is 18.5 Å². The van der Waals surface area contributed by atoms with E-state index < -0.39 is 10.0 Å². The smallest absolute Gasteiger partial charge is 0.266 e. The van der Waals surface area contributed by atoms with Gasteiger partial charge in [-0.15, -0.1) is 0 Å². The standard InChI is InChI=1S/C21H22N6O5S/c22-14-17-21(32-20(25-17)18-5-2-12-31-18)27-10-8-26(9-11-27)7-6-19(28)24-15-3-1-4-16(13-15)33(23,29)30/h1-5,12-13H,6-11H2,(H,24,28)(H2,23,29,30). The molecular formula is C21H22N6O5S. The Morgan fingerprint density at radius 1 is 1.21 bits per heavy atom. The Hall–Kier alpha value is -3.66. The van der Waals surface area contributed by atoms with Crippen molar-refractivity contribution < 1.29 is 22.0 Å². The van der Waals surface area contributed by atoms with Gasteiger partial charge in [0.25, 0.3) is 5.89 Å². The highest BCUT2D eigenvalue weighted by Crippen LogP contribution is 2.29. The van der Waals surface area contributed by atoms with Crippen LogP contribution in [0.2, 0.25) is 0 Å². The Morgan fingerprint density at radius 3 is 2.67 bits per heavy atom. The van der Waals surface area contributed by atoms with Crippen LogP contribution in [0.4, 0.5) is 11.6 Å². The van der Waals surface area contributed by atoms with Gasteiger partial charge in [-0.25, -0.2) is 13.6 Å². The zero-order valence-corrected chi connectivity index (χ0v) is 18.4. The number of primary sulfonamides is 1. The molecule has 0 atom stereocenters. The number of nitrogens with two attached hydrogens (primary N) is 1. The first-order valence-corrected chi connectivity index (χ1v) is 11.7. The Labute approximate surface area is 190 Å². The van der Waals surface area contributed by atoms with Gasteiger partial charge in [0.1, 0.15) is 6.07 Å². The molecule has 1 amide bonds. The molecule has 3 heterocycles. The summed E-state index contributed by atoms with van der Waals surface area (Å²) in [5.41, 5.74) is 0.578. The maximum absolute atomic E-state index is 12.3. The summed E-state index contributed by atoms with van der Waals surface area (Å²) in [4.78, 5) is 20.5. The van der Waals surface area contributed by atoms with Gasteiger partial charge in [0, 0.05) is 44.8 Å². The number of anilines is 2. The van der Waals surface area contributed by atoms with Gasteiger partial charge in [-0.1, -0.05) is 6.07 Å². The highest BCUT2D eigenvalue weighted by molar-refractivity contribution is 7.89. The lowest BCUT2D eigenvalue weighted by Gasteiger charge is -2.34. The second-order valence-corrected chi connectivity index (χ2v) is 9.02. The molecule has 1 saturated heterocycles. The van der Waals surface area contributed by atoms with E-state index in [2.05, 4.69) is 21.3 Å². The minimum atomic E-state index is -3.84. The number of oxazole rings is 1. The second kappa shape index (κ2) is 9.45. The van der Waals surface area contributed by atoms with Crippen LogP contribution in [0.1, 0.15) is 12.1 Å². The van der Waals surface area contributed by atoms with Crippen LogP contribution in [0.15, 0.2) is 56.4 Å². The first-order chi connectivity index (χ1) is 15.8. The van der Waals surface area contributed by atoms with Crippen molar-refractivity contribution in [3.63, 3.8) is 0 Å². The van der Waals surface area contributed by atoms with Crippen molar-refractivity contribution in [2.45, 2.75) is 11.3 Å². The molecule has 3 aromatic rings. The summed E-state index contributed by atoms with van der Waals surface area (Å²) in [7, 11) is -3.84. The maximum Gasteiger partial charge on any atom is 0.266 e. The number of nitrogens with zero attached hydrogens (tertiary/aromatic N) is 4. The summed E-state index contributed by atoms with van der Waals surface area (Å²) in [6, 6.07) is 11.3. The highest BCUT2D eigenvalue weighted by Gasteiger charge is 2.25. The Balaban J connectivity index is 1.29. The number of amides is 1. The zero-order chi connectivity index (χ0) is 23.4. The lowest BCUT2D eigenvalue weighted by Crippen LogP contribution is -2.47. The Bertz CT molecular complexity index is 1270. The van der Waals surface area contributed by atoms with E-state index in [1.54, 1.807) is 18.2 Å². The number of aromatic nitrogens is 1. The van der Waals surface area contributed by atoms with E-state index in [-0.39, 0.29) is 28.8 Å². The predicted molar refractivity (Wildman–Crippen MR) is 119 cm³/mol. The monoisotopic (exact) mass is 470 g/mol.